The normalized spacial score (nSPS) is 10.8. The first-order valence-electron chi connectivity index (χ1n) is 5.29. The SMILES string of the molecule is CN(CCO)c1nccc2c(N)cc(F)cc12. The Bertz CT molecular complexity index is 545. The average molecular weight is 235 g/mol. The summed E-state index contributed by atoms with van der Waals surface area (Å²) in [7, 11) is 1.79. The van der Waals surface area contributed by atoms with Crippen molar-refractivity contribution in [1.82, 2.24) is 4.98 Å². The number of aromatic nitrogens is 1. The van der Waals surface area contributed by atoms with Gasteiger partial charge in [0.25, 0.3) is 0 Å². The number of nitrogen functional groups attached to an aromatic ring is 1. The molecular weight excluding hydrogens is 221 g/mol. The van der Waals surface area contributed by atoms with Crippen molar-refractivity contribution in [3.8, 4) is 0 Å². The molecule has 0 aliphatic heterocycles. The van der Waals surface area contributed by atoms with Crippen LogP contribution < -0.4 is 10.6 Å². The minimum Gasteiger partial charge on any atom is -0.398 e. The number of aliphatic hydroxyl groups excluding tert-OH is 1. The Kier molecular flexibility index (Phi) is 3.10. The number of nitrogens with two attached hydrogens (primary N) is 1. The standard InChI is InChI=1S/C12H14FN3O/c1-16(4-5-17)12-10-6-8(13)7-11(14)9(10)2-3-15-12/h2-3,6-7,17H,4-5,14H2,1H3. The van der Waals surface area contributed by atoms with E-state index >= 15 is 0 Å². The quantitative estimate of drug-likeness (QED) is 0.789. The maximum absolute atomic E-state index is 13.4. The van der Waals surface area contributed by atoms with Crippen LogP contribution in [0.3, 0.4) is 0 Å². The molecule has 1 aromatic heterocycles. The number of aliphatic hydroxyl groups is 1. The Morgan fingerprint density at radius 1 is 1.41 bits per heavy atom. The van der Waals surface area contributed by atoms with E-state index in [2.05, 4.69) is 4.98 Å². The number of anilines is 2. The summed E-state index contributed by atoms with van der Waals surface area (Å²) in [5.41, 5.74) is 6.15. The highest BCUT2D eigenvalue weighted by molar-refractivity contribution is 5.99. The van der Waals surface area contributed by atoms with Crippen molar-refractivity contribution < 1.29 is 9.50 Å². The van der Waals surface area contributed by atoms with Crippen LogP contribution in [-0.2, 0) is 0 Å². The second-order valence-corrected chi connectivity index (χ2v) is 3.87. The number of nitrogens with zero attached hydrogens (tertiary/aromatic N) is 2. The molecule has 0 amide bonds. The molecule has 0 saturated heterocycles. The van der Waals surface area contributed by atoms with Crippen molar-refractivity contribution >= 4 is 22.3 Å². The van der Waals surface area contributed by atoms with Gasteiger partial charge in [0.15, 0.2) is 0 Å². The summed E-state index contributed by atoms with van der Waals surface area (Å²) >= 11 is 0. The predicted molar refractivity (Wildman–Crippen MR) is 66.5 cm³/mol. The number of pyridine rings is 1. The van der Waals surface area contributed by atoms with Crippen molar-refractivity contribution in [1.29, 1.82) is 0 Å². The molecule has 2 rings (SSSR count). The molecule has 0 radical (unpaired) electrons. The van der Waals surface area contributed by atoms with Crippen LogP contribution in [-0.4, -0.2) is 30.3 Å². The first-order valence-corrected chi connectivity index (χ1v) is 5.29. The topological polar surface area (TPSA) is 62.4 Å². The van der Waals surface area contributed by atoms with E-state index in [9.17, 15) is 4.39 Å². The number of fused-ring (bicyclic) bond motifs is 1. The molecule has 1 aromatic carbocycles. The molecule has 3 N–H and O–H groups in total. The van der Waals surface area contributed by atoms with Gasteiger partial charge in [0.05, 0.1) is 6.61 Å². The first-order chi connectivity index (χ1) is 8.13. The van der Waals surface area contributed by atoms with Gasteiger partial charge >= 0.3 is 0 Å². The van der Waals surface area contributed by atoms with Crippen molar-refractivity contribution in [2.45, 2.75) is 0 Å². The third-order valence-electron chi connectivity index (χ3n) is 2.65. The summed E-state index contributed by atoms with van der Waals surface area (Å²) in [4.78, 5) is 5.97. The molecule has 1 heterocycles. The van der Waals surface area contributed by atoms with Crippen LogP contribution in [0.5, 0.6) is 0 Å². The van der Waals surface area contributed by atoms with E-state index in [0.717, 1.165) is 5.39 Å². The fraction of sp³-hybridized carbons (Fsp3) is 0.250. The zero-order valence-electron chi connectivity index (χ0n) is 9.52. The highest BCUT2D eigenvalue weighted by atomic mass is 19.1. The lowest BCUT2D eigenvalue weighted by molar-refractivity contribution is 0.304. The molecule has 0 unspecified atom stereocenters. The van der Waals surface area contributed by atoms with Crippen molar-refractivity contribution in [3.63, 3.8) is 0 Å². The summed E-state index contributed by atoms with van der Waals surface area (Å²) in [5, 5.41) is 10.3. The zero-order chi connectivity index (χ0) is 12.4. The number of hydrogen-bond acceptors (Lipinski definition) is 4. The van der Waals surface area contributed by atoms with Crippen molar-refractivity contribution in [3.05, 3.63) is 30.2 Å². The minimum absolute atomic E-state index is 0.0133. The molecule has 0 saturated carbocycles. The molecule has 2 aromatic rings. The van der Waals surface area contributed by atoms with Crippen LogP contribution >= 0.6 is 0 Å². The molecule has 4 nitrogen and oxygen atoms in total. The lowest BCUT2D eigenvalue weighted by Crippen LogP contribution is -2.22. The van der Waals surface area contributed by atoms with Crippen LogP contribution in [0, 0.1) is 5.82 Å². The maximum Gasteiger partial charge on any atom is 0.136 e. The number of hydrogen-bond donors (Lipinski definition) is 2. The van der Waals surface area contributed by atoms with Gasteiger partial charge in [0, 0.05) is 36.2 Å². The lowest BCUT2D eigenvalue weighted by atomic mass is 10.1. The second-order valence-electron chi connectivity index (χ2n) is 3.87. The van der Waals surface area contributed by atoms with Gasteiger partial charge in [-0.25, -0.2) is 9.37 Å². The van der Waals surface area contributed by atoms with Crippen LogP contribution in [0.4, 0.5) is 15.9 Å². The maximum atomic E-state index is 13.4. The summed E-state index contributed by atoms with van der Waals surface area (Å²) in [6.45, 7) is 0.446. The van der Waals surface area contributed by atoms with Gasteiger partial charge in [-0.15, -0.1) is 0 Å². The highest BCUT2D eigenvalue weighted by Crippen LogP contribution is 2.28. The van der Waals surface area contributed by atoms with Gasteiger partial charge in [-0.1, -0.05) is 0 Å². The van der Waals surface area contributed by atoms with E-state index < -0.39 is 0 Å². The Labute approximate surface area is 98.5 Å². The van der Waals surface area contributed by atoms with E-state index in [1.807, 2.05) is 0 Å². The summed E-state index contributed by atoms with van der Waals surface area (Å²) in [6.07, 6.45) is 1.62. The van der Waals surface area contributed by atoms with E-state index in [0.29, 0.717) is 23.4 Å². The molecule has 0 bridgehead atoms. The summed E-state index contributed by atoms with van der Waals surface area (Å²) in [6, 6.07) is 4.44. The van der Waals surface area contributed by atoms with Crippen LogP contribution in [0.25, 0.3) is 10.8 Å². The number of benzene rings is 1. The van der Waals surface area contributed by atoms with E-state index in [-0.39, 0.29) is 12.4 Å². The molecule has 5 heteroatoms. The second kappa shape index (κ2) is 4.55. The van der Waals surface area contributed by atoms with Crippen molar-refractivity contribution in [2.75, 3.05) is 30.8 Å². The van der Waals surface area contributed by atoms with Crippen molar-refractivity contribution in [2.24, 2.45) is 0 Å². The molecule has 0 spiro atoms. The van der Waals surface area contributed by atoms with Crippen LogP contribution in [0.2, 0.25) is 0 Å². The Morgan fingerprint density at radius 3 is 2.88 bits per heavy atom. The van der Waals surface area contributed by atoms with Crippen LogP contribution in [0.15, 0.2) is 24.4 Å². The smallest absolute Gasteiger partial charge is 0.136 e. The molecule has 0 aliphatic rings. The van der Waals surface area contributed by atoms with Gasteiger partial charge < -0.3 is 15.7 Å². The molecule has 0 fully saturated rings. The molecular formula is C12H14FN3O. The summed E-state index contributed by atoms with van der Waals surface area (Å²) in [5.74, 6) is 0.226. The first kappa shape index (κ1) is 11.6. The third kappa shape index (κ3) is 2.14. The third-order valence-corrected chi connectivity index (χ3v) is 2.65. The molecule has 0 atom stereocenters. The fourth-order valence-corrected chi connectivity index (χ4v) is 1.82. The average Bonchev–Trinajstić information content (AvgIpc) is 2.28. The van der Waals surface area contributed by atoms with Crippen LogP contribution in [0.1, 0.15) is 0 Å². The molecule has 90 valence electrons. The fourth-order valence-electron chi connectivity index (χ4n) is 1.82. The zero-order valence-corrected chi connectivity index (χ0v) is 9.52. The summed E-state index contributed by atoms with van der Waals surface area (Å²) < 4.78 is 13.4. The Hall–Kier alpha value is -1.88. The number of halogens is 1. The number of rotatable bonds is 3. The lowest BCUT2D eigenvalue weighted by Gasteiger charge is -2.19. The monoisotopic (exact) mass is 235 g/mol. The predicted octanol–water partition coefficient (Wildman–Crippen LogP) is 1.38. The van der Waals surface area contributed by atoms with Gasteiger partial charge in [0.1, 0.15) is 11.6 Å². The van der Waals surface area contributed by atoms with Gasteiger partial charge in [0.2, 0.25) is 0 Å². The molecule has 17 heavy (non-hydrogen) atoms. The van der Waals surface area contributed by atoms with Gasteiger partial charge in [-0.2, -0.15) is 0 Å². The van der Waals surface area contributed by atoms with Gasteiger partial charge in [-0.05, 0) is 18.2 Å². The number of likely N-dealkylation sites (N-methyl/N-ethyl adjacent to an activating group) is 1. The minimum atomic E-state index is -0.387. The van der Waals surface area contributed by atoms with Gasteiger partial charge in [-0.3, -0.25) is 0 Å². The highest BCUT2D eigenvalue weighted by Gasteiger charge is 2.10. The Morgan fingerprint density at radius 2 is 2.18 bits per heavy atom. The molecule has 0 aliphatic carbocycles. The largest absolute Gasteiger partial charge is 0.398 e. The van der Waals surface area contributed by atoms with E-state index in [1.165, 1.54) is 12.1 Å². The van der Waals surface area contributed by atoms with E-state index in [1.54, 1.807) is 24.2 Å². The van der Waals surface area contributed by atoms with E-state index in [4.69, 9.17) is 10.8 Å². The Balaban J connectivity index is 2.64.